The third-order valence-electron chi connectivity index (χ3n) is 4.48. The fourth-order valence-electron chi connectivity index (χ4n) is 3.29. The van der Waals surface area contributed by atoms with Crippen LogP contribution in [0.1, 0.15) is 44.7 Å². The molecule has 1 aromatic carbocycles. The summed E-state index contributed by atoms with van der Waals surface area (Å²) in [5, 5.41) is 1.90. The second-order valence-corrected chi connectivity index (χ2v) is 6.81. The number of thiophene rings is 1. The number of likely N-dealkylation sites (tertiary alicyclic amines) is 1. The standard InChI is InChI=1S/C19H19NOS/c1-20-9-6-13(7-10-20)18-15-5-3-2-4-14(15)12-17(21)19-16(18)8-11-22-19/h2-5,8,11H,6-7,9-10,12H2,1H3/i2D,3D,4D,5D. The maximum atomic E-state index is 12.8. The Labute approximate surface area is 140 Å². The van der Waals surface area contributed by atoms with Crippen molar-refractivity contribution in [1.82, 2.24) is 4.90 Å². The maximum absolute atomic E-state index is 12.8. The van der Waals surface area contributed by atoms with Crippen molar-refractivity contribution in [3.63, 3.8) is 0 Å². The Morgan fingerprint density at radius 2 is 1.95 bits per heavy atom. The molecule has 22 heavy (non-hydrogen) atoms. The molecule has 0 N–H and O–H groups in total. The van der Waals surface area contributed by atoms with Gasteiger partial charge >= 0.3 is 0 Å². The lowest BCUT2D eigenvalue weighted by molar-refractivity contribution is 0.0997. The average Bonchev–Trinajstić information content (AvgIpc) is 3.07. The zero-order chi connectivity index (χ0) is 18.6. The first kappa shape index (κ1) is 10.1. The van der Waals surface area contributed by atoms with Gasteiger partial charge in [0.25, 0.3) is 0 Å². The van der Waals surface area contributed by atoms with Crippen molar-refractivity contribution in [3.05, 3.63) is 62.8 Å². The highest BCUT2D eigenvalue weighted by molar-refractivity contribution is 7.12. The van der Waals surface area contributed by atoms with Crippen LogP contribution in [0.2, 0.25) is 0 Å². The third kappa shape index (κ3) is 2.25. The van der Waals surface area contributed by atoms with Gasteiger partial charge in [0.2, 0.25) is 0 Å². The van der Waals surface area contributed by atoms with Crippen LogP contribution in [-0.4, -0.2) is 30.8 Å². The number of hydrogen-bond donors (Lipinski definition) is 0. The SMILES string of the molecule is [2H]c1c([2H])c([2H])c2c(c1[2H])CC(=O)c1sccc1C2=C1CCN(C)CC1. The van der Waals surface area contributed by atoms with Gasteiger partial charge in [0.05, 0.1) is 10.4 Å². The molecule has 0 saturated carbocycles. The summed E-state index contributed by atoms with van der Waals surface area (Å²) in [4.78, 5) is 15.7. The largest absolute Gasteiger partial charge is 0.306 e. The number of carbonyl (C=O) groups excluding carboxylic acids is 1. The predicted octanol–water partition coefficient (Wildman–Crippen LogP) is 4.01. The normalized spacial score (nSPS) is 21.4. The summed E-state index contributed by atoms with van der Waals surface area (Å²) in [7, 11) is 2.08. The summed E-state index contributed by atoms with van der Waals surface area (Å²) < 4.78 is 33.0. The lowest BCUT2D eigenvalue weighted by atomic mass is 9.88. The quantitative estimate of drug-likeness (QED) is 0.732. The van der Waals surface area contributed by atoms with Crippen LogP contribution >= 0.6 is 11.3 Å². The van der Waals surface area contributed by atoms with E-state index in [1.807, 2.05) is 11.4 Å². The van der Waals surface area contributed by atoms with Gasteiger partial charge in [0, 0.05) is 25.1 Å². The molecular weight excluding hydrogens is 290 g/mol. The zero-order valence-electron chi connectivity index (χ0n) is 16.5. The highest BCUT2D eigenvalue weighted by atomic mass is 32.1. The molecular formula is C19H19NOS. The molecule has 3 heteroatoms. The van der Waals surface area contributed by atoms with Crippen LogP contribution in [0.15, 0.2) is 41.2 Å². The van der Waals surface area contributed by atoms with E-state index in [-0.39, 0.29) is 36.4 Å². The molecule has 2 aromatic rings. The Hall–Kier alpha value is -1.71. The van der Waals surface area contributed by atoms with E-state index in [1.54, 1.807) is 0 Å². The van der Waals surface area contributed by atoms with Gasteiger partial charge in [-0.3, -0.25) is 4.79 Å². The van der Waals surface area contributed by atoms with E-state index >= 15 is 0 Å². The van der Waals surface area contributed by atoms with Crippen molar-refractivity contribution in [2.75, 3.05) is 20.1 Å². The lowest BCUT2D eigenvalue weighted by Crippen LogP contribution is -2.27. The molecule has 1 saturated heterocycles. The molecule has 2 aliphatic rings. The lowest BCUT2D eigenvalue weighted by Gasteiger charge is -2.27. The van der Waals surface area contributed by atoms with Gasteiger partial charge in [-0.1, -0.05) is 29.7 Å². The first-order valence-corrected chi connectivity index (χ1v) is 8.39. The molecule has 1 fully saturated rings. The number of fused-ring (bicyclic) bond motifs is 2. The van der Waals surface area contributed by atoms with Crippen molar-refractivity contribution < 1.29 is 10.3 Å². The second-order valence-electron chi connectivity index (χ2n) is 5.90. The molecule has 1 aliphatic heterocycles. The summed E-state index contributed by atoms with van der Waals surface area (Å²) in [5.74, 6) is -0.0650. The number of rotatable bonds is 0. The van der Waals surface area contributed by atoms with Crippen LogP contribution in [0, 0.1) is 0 Å². The van der Waals surface area contributed by atoms with Crippen LogP contribution in [0.3, 0.4) is 0 Å². The molecule has 0 unspecified atom stereocenters. The molecule has 0 radical (unpaired) electrons. The highest BCUT2D eigenvalue weighted by Gasteiger charge is 2.27. The highest BCUT2D eigenvalue weighted by Crippen LogP contribution is 2.40. The van der Waals surface area contributed by atoms with Crippen molar-refractivity contribution in [2.45, 2.75) is 19.3 Å². The Bertz CT molecular complexity index is 953. The van der Waals surface area contributed by atoms with Crippen molar-refractivity contribution >= 4 is 22.7 Å². The number of Topliss-reactive ketones (excluding diaryl/α,β-unsaturated/α-hetero) is 1. The van der Waals surface area contributed by atoms with Gasteiger partial charge in [-0.05, 0) is 48.0 Å². The summed E-state index contributed by atoms with van der Waals surface area (Å²) in [6.07, 6.45) is 1.71. The minimum Gasteiger partial charge on any atom is -0.306 e. The molecule has 2 nitrogen and oxygen atoms in total. The van der Waals surface area contributed by atoms with Gasteiger partial charge in [0.15, 0.2) is 5.78 Å². The molecule has 0 atom stereocenters. The average molecular weight is 313 g/mol. The Balaban J connectivity index is 2.08. The minimum absolute atomic E-state index is 0.0242. The molecule has 4 rings (SSSR count). The van der Waals surface area contributed by atoms with Gasteiger partial charge in [-0.2, -0.15) is 0 Å². The van der Waals surface area contributed by atoms with Gasteiger partial charge in [-0.25, -0.2) is 0 Å². The minimum atomic E-state index is -0.264. The first-order valence-electron chi connectivity index (χ1n) is 9.51. The van der Waals surface area contributed by atoms with E-state index in [0.29, 0.717) is 16.0 Å². The van der Waals surface area contributed by atoms with E-state index < -0.39 is 0 Å². The number of carbonyl (C=O) groups is 1. The van der Waals surface area contributed by atoms with Crippen molar-refractivity contribution in [3.8, 4) is 0 Å². The van der Waals surface area contributed by atoms with E-state index in [1.165, 1.54) is 16.9 Å². The Morgan fingerprint density at radius 1 is 1.18 bits per heavy atom. The fourth-order valence-corrected chi connectivity index (χ4v) is 4.13. The molecule has 112 valence electrons. The first-order chi connectivity index (χ1) is 12.4. The maximum Gasteiger partial charge on any atom is 0.177 e. The summed E-state index contributed by atoms with van der Waals surface area (Å²) in [6, 6.07) is 1.31. The van der Waals surface area contributed by atoms with Crippen LogP contribution < -0.4 is 0 Å². The molecule has 0 bridgehead atoms. The monoisotopic (exact) mass is 313 g/mol. The Kier molecular flexibility index (Phi) is 2.53. The van der Waals surface area contributed by atoms with Gasteiger partial charge in [0.1, 0.15) is 0 Å². The summed E-state index contributed by atoms with van der Waals surface area (Å²) in [5.41, 5.74) is 3.85. The molecule has 1 aromatic heterocycles. The molecule has 2 heterocycles. The summed E-state index contributed by atoms with van der Waals surface area (Å²) >= 11 is 1.40. The van der Waals surface area contributed by atoms with Crippen LogP contribution in [0.25, 0.3) is 5.57 Å². The molecule has 0 spiro atoms. The predicted molar refractivity (Wildman–Crippen MR) is 91.5 cm³/mol. The van der Waals surface area contributed by atoms with Gasteiger partial charge in [-0.15, -0.1) is 11.3 Å². The topological polar surface area (TPSA) is 20.3 Å². The van der Waals surface area contributed by atoms with Crippen molar-refractivity contribution in [2.24, 2.45) is 0 Å². The number of piperidine rings is 1. The van der Waals surface area contributed by atoms with Crippen LogP contribution in [0.4, 0.5) is 0 Å². The van der Waals surface area contributed by atoms with E-state index in [0.717, 1.165) is 37.1 Å². The number of ketones is 1. The van der Waals surface area contributed by atoms with Crippen molar-refractivity contribution in [1.29, 1.82) is 0 Å². The molecule has 0 amide bonds. The smallest absolute Gasteiger partial charge is 0.177 e. The van der Waals surface area contributed by atoms with E-state index in [9.17, 15) is 4.79 Å². The van der Waals surface area contributed by atoms with E-state index in [2.05, 4.69) is 11.9 Å². The second kappa shape index (κ2) is 5.49. The van der Waals surface area contributed by atoms with E-state index in [4.69, 9.17) is 5.48 Å². The number of nitrogens with zero attached hydrogens (tertiary/aromatic N) is 1. The third-order valence-corrected chi connectivity index (χ3v) is 5.44. The fraction of sp³-hybridized carbons (Fsp3) is 0.316. The number of benzene rings is 1. The summed E-state index contributed by atoms with van der Waals surface area (Å²) in [6.45, 7) is 1.82. The Morgan fingerprint density at radius 3 is 2.77 bits per heavy atom. The van der Waals surface area contributed by atoms with Crippen LogP contribution in [-0.2, 0) is 6.42 Å². The number of hydrogen-bond acceptors (Lipinski definition) is 3. The van der Waals surface area contributed by atoms with Gasteiger partial charge < -0.3 is 4.90 Å². The van der Waals surface area contributed by atoms with Crippen LogP contribution in [0.5, 0.6) is 0 Å². The molecule has 1 aliphatic carbocycles. The zero-order valence-corrected chi connectivity index (χ0v) is 13.3.